The van der Waals surface area contributed by atoms with E-state index in [2.05, 4.69) is 21.2 Å². The summed E-state index contributed by atoms with van der Waals surface area (Å²) in [5.41, 5.74) is 3.41. The van der Waals surface area contributed by atoms with Crippen molar-refractivity contribution in [1.82, 2.24) is 9.47 Å². The van der Waals surface area contributed by atoms with Gasteiger partial charge in [-0.15, -0.1) is 12.4 Å². The number of piperazine rings is 1. The standard InChI is InChI=1S/C41H43F3N4O5.ClH/c1-52-37-11-5-4-10-36(37)47-23-21-46(22-24-47)19-7-25-53-38-26-30(15-18-34(38)45-27-29-13-16-31(17-14-29)41(42,43)44)40(51)33-28-48(20-6-12-39(49)50)35-9-3-2-8-32(33)35;/h2-5,8-11,13-18,26,28,45H,6-7,12,19-25,27H2,1H3,(H,49,50);1H. The summed E-state index contributed by atoms with van der Waals surface area (Å²) < 4.78 is 53.1. The van der Waals surface area contributed by atoms with E-state index in [1.165, 1.54) is 12.1 Å². The van der Waals surface area contributed by atoms with Crippen molar-refractivity contribution in [2.75, 3.05) is 56.7 Å². The summed E-state index contributed by atoms with van der Waals surface area (Å²) in [6, 6.07) is 25.7. The number of hydrogen-bond acceptors (Lipinski definition) is 7. The summed E-state index contributed by atoms with van der Waals surface area (Å²) >= 11 is 0. The normalized spacial score (nSPS) is 13.4. The number of aryl methyl sites for hydroxylation is 1. The lowest BCUT2D eigenvalue weighted by atomic mass is 10.0. The highest BCUT2D eigenvalue weighted by Gasteiger charge is 2.30. The summed E-state index contributed by atoms with van der Waals surface area (Å²) in [5.74, 6) is 0.252. The average Bonchev–Trinajstić information content (AvgIpc) is 3.54. The number of nitrogens with one attached hydrogen (secondary N) is 1. The molecule has 54 heavy (non-hydrogen) atoms. The second kappa shape index (κ2) is 18.2. The number of alkyl halides is 3. The first-order valence-electron chi connectivity index (χ1n) is 17.7. The molecule has 2 heterocycles. The predicted molar refractivity (Wildman–Crippen MR) is 206 cm³/mol. The highest BCUT2D eigenvalue weighted by atomic mass is 35.5. The smallest absolute Gasteiger partial charge is 0.416 e. The monoisotopic (exact) mass is 764 g/mol. The number of carbonyl (C=O) groups is 2. The van der Waals surface area contributed by atoms with Crippen LogP contribution in [0.1, 0.15) is 46.3 Å². The van der Waals surface area contributed by atoms with E-state index in [0.29, 0.717) is 47.7 Å². The van der Waals surface area contributed by atoms with E-state index in [1.54, 1.807) is 31.5 Å². The molecule has 9 nitrogen and oxygen atoms in total. The minimum absolute atomic E-state index is 0. The summed E-state index contributed by atoms with van der Waals surface area (Å²) in [6.45, 7) is 5.46. The number of ether oxygens (including phenoxy) is 2. The van der Waals surface area contributed by atoms with Crippen molar-refractivity contribution in [2.24, 2.45) is 0 Å². The van der Waals surface area contributed by atoms with Crippen LogP contribution >= 0.6 is 12.4 Å². The van der Waals surface area contributed by atoms with Gasteiger partial charge in [-0.2, -0.15) is 13.2 Å². The van der Waals surface area contributed by atoms with E-state index in [-0.39, 0.29) is 31.2 Å². The van der Waals surface area contributed by atoms with Gasteiger partial charge in [0.25, 0.3) is 0 Å². The molecule has 0 amide bonds. The van der Waals surface area contributed by atoms with Crippen LogP contribution in [0.25, 0.3) is 10.9 Å². The molecule has 286 valence electrons. The number of para-hydroxylation sites is 3. The number of hydrogen-bond donors (Lipinski definition) is 2. The van der Waals surface area contributed by atoms with Crippen LogP contribution in [0.15, 0.2) is 97.2 Å². The topological polar surface area (TPSA) is 96.3 Å². The molecule has 0 aliphatic carbocycles. The maximum Gasteiger partial charge on any atom is 0.416 e. The molecular formula is C41H44ClF3N4O5. The Kier molecular flexibility index (Phi) is 13.5. The molecule has 0 saturated carbocycles. The molecule has 2 N–H and O–H groups in total. The largest absolute Gasteiger partial charge is 0.495 e. The van der Waals surface area contributed by atoms with Gasteiger partial charge in [0.2, 0.25) is 0 Å². The van der Waals surface area contributed by atoms with Crippen LogP contribution < -0.4 is 19.7 Å². The van der Waals surface area contributed by atoms with Crippen LogP contribution in [0, 0.1) is 0 Å². The molecule has 0 radical (unpaired) electrons. The van der Waals surface area contributed by atoms with E-state index in [9.17, 15) is 22.8 Å². The molecule has 1 saturated heterocycles. The van der Waals surface area contributed by atoms with Gasteiger partial charge in [0.05, 0.1) is 30.7 Å². The SMILES string of the molecule is COc1ccccc1N1CCN(CCCOc2cc(C(=O)c3cn(CCCC(=O)O)c4ccccc34)ccc2NCc2ccc(C(F)(F)F)cc2)CC1.Cl. The fourth-order valence-electron chi connectivity index (χ4n) is 6.68. The molecule has 1 fully saturated rings. The molecule has 1 aliphatic heterocycles. The molecule has 1 aromatic heterocycles. The molecule has 13 heteroatoms. The van der Waals surface area contributed by atoms with Crippen LogP contribution in [0.2, 0.25) is 0 Å². The van der Waals surface area contributed by atoms with Crippen LogP contribution in [-0.4, -0.2) is 72.8 Å². The van der Waals surface area contributed by atoms with Crippen LogP contribution in [0.5, 0.6) is 11.5 Å². The zero-order chi connectivity index (χ0) is 37.4. The lowest BCUT2D eigenvalue weighted by Gasteiger charge is -2.36. The van der Waals surface area contributed by atoms with E-state index < -0.39 is 17.7 Å². The van der Waals surface area contributed by atoms with Crippen molar-refractivity contribution in [3.63, 3.8) is 0 Å². The van der Waals surface area contributed by atoms with E-state index in [0.717, 1.165) is 73.6 Å². The third kappa shape index (κ3) is 9.86. The number of nitrogens with zero attached hydrogens (tertiary/aromatic N) is 3. The Morgan fingerprint density at radius 3 is 2.30 bits per heavy atom. The maximum absolute atomic E-state index is 14.0. The van der Waals surface area contributed by atoms with Crippen LogP contribution in [0.4, 0.5) is 24.5 Å². The number of rotatable bonds is 16. The minimum atomic E-state index is -4.41. The molecule has 0 spiro atoms. The van der Waals surface area contributed by atoms with Gasteiger partial charge in [0, 0.05) is 80.5 Å². The average molecular weight is 765 g/mol. The molecule has 1 aliphatic rings. The first kappa shape index (κ1) is 40.0. The zero-order valence-electron chi connectivity index (χ0n) is 30.0. The van der Waals surface area contributed by atoms with E-state index in [1.807, 2.05) is 47.0 Å². The Morgan fingerprint density at radius 1 is 0.852 bits per heavy atom. The second-order valence-corrected chi connectivity index (χ2v) is 13.0. The Bertz CT molecular complexity index is 2030. The molecule has 0 unspecified atom stereocenters. The molecule has 0 atom stereocenters. The first-order valence-corrected chi connectivity index (χ1v) is 17.7. The van der Waals surface area contributed by atoms with Crippen molar-refractivity contribution >= 4 is 46.4 Å². The van der Waals surface area contributed by atoms with Crippen molar-refractivity contribution < 1.29 is 37.3 Å². The number of benzene rings is 4. The van der Waals surface area contributed by atoms with Crippen molar-refractivity contribution in [1.29, 1.82) is 0 Å². The third-order valence-corrected chi connectivity index (χ3v) is 9.51. The minimum Gasteiger partial charge on any atom is -0.495 e. The fraction of sp³-hybridized carbons (Fsp3) is 0.317. The van der Waals surface area contributed by atoms with E-state index >= 15 is 0 Å². The number of carboxylic acid groups (broad SMARTS) is 1. The van der Waals surface area contributed by atoms with Crippen LogP contribution in [-0.2, 0) is 24.1 Å². The number of ketones is 1. The lowest BCUT2D eigenvalue weighted by molar-refractivity contribution is -0.138. The van der Waals surface area contributed by atoms with Gasteiger partial charge < -0.3 is 29.4 Å². The summed E-state index contributed by atoms with van der Waals surface area (Å²) in [4.78, 5) is 29.9. The summed E-state index contributed by atoms with van der Waals surface area (Å²) in [7, 11) is 1.68. The quantitative estimate of drug-likeness (QED) is 0.0765. The summed E-state index contributed by atoms with van der Waals surface area (Å²) in [6.07, 6.45) is -1.44. The van der Waals surface area contributed by atoms with E-state index in [4.69, 9.17) is 14.6 Å². The highest BCUT2D eigenvalue weighted by molar-refractivity contribution is 6.16. The molecule has 4 aromatic carbocycles. The van der Waals surface area contributed by atoms with Gasteiger partial charge in [-0.05, 0) is 66.9 Å². The number of methoxy groups -OCH3 is 1. The molecular weight excluding hydrogens is 721 g/mol. The Hall–Kier alpha value is -5.20. The lowest BCUT2D eigenvalue weighted by Crippen LogP contribution is -2.46. The molecule has 6 rings (SSSR count). The number of aromatic nitrogens is 1. The van der Waals surface area contributed by atoms with Crippen molar-refractivity contribution in [2.45, 2.75) is 38.5 Å². The first-order chi connectivity index (χ1) is 25.6. The Labute approximate surface area is 318 Å². The Balaban J connectivity index is 0.00000561. The molecule has 0 bridgehead atoms. The predicted octanol–water partition coefficient (Wildman–Crippen LogP) is 8.39. The maximum atomic E-state index is 14.0. The van der Waals surface area contributed by atoms with Gasteiger partial charge in [-0.3, -0.25) is 14.5 Å². The highest BCUT2D eigenvalue weighted by Crippen LogP contribution is 2.32. The number of anilines is 2. The number of carboxylic acids is 1. The zero-order valence-corrected chi connectivity index (χ0v) is 30.8. The number of halogens is 4. The number of carbonyl (C=O) groups excluding carboxylic acids is 1. The number of fused-ring (bicyclic) bond motifs is 1. The van der Waals surface area contributed by atoms with Gasteiger partial charge >= 0.3 is 12.1 Å². The van der Waals surface area contributed by atoms with Gasteiger partial charge in [-0.1, -0.05) is 42.5 Å². The molecule has 5 aromatic rings. The van der Waals surface area contributed by atoms with Gasteiger partial charge in [-0.25, -0.2) is 0 Å². The van der Waals surface area contributed by atoms with Gasteiger partial charge in [0.1, 0.15) is 11.5 Å². The second-order valence-electron chi connectivity index (χ2n) is 13.0. The summed E-state index contributed by atoms with van der Waals surface area (Å²) in [5, 5.41) is 13.2. The number of aliphatic carboxylic acids is 1. The van der Waals surface area contributed by atoms with Crippen molar-refractivity contribution in [3.8, 4) is 11.5 Å². The van der Waals surface area contributed by atoms with Crippen LogP contribution in [0.3, 0.4) is 0 Å². The fourth-order valence-corrected chi connectivity index (χ4v) is 6.68. The van der Waals surface area contributed by atoms with Crippen molar-refractivity contribution in [3.05, 3.63) is 119 Å². The van der Waals surface area contributed by atoms with Gasteiger partial charge in [0.15, 0.2) is 5.78 Å². The third-order valence-electron chi connectivity index (χ3n) is 9.51. The Morgan fingerprint density at radius 2 is 1.57 bits per heavy atom.